The molecule has 1 saturated carbocycles. The van der Waals surface area contributed by atoms with Gasteiger partial charge in [0.05, 0.1) is 41.6 Å². The van der Waals surface area contributed by atoms with E-state index in [0.717, 1.165) is 29.0 Å². The zero-order chi connectivity index (χ0) is 25.1. The first-order valence-corrected chi connectivity index (χ1v) is 12.1. The molecule has 5 rings (SSSR count). The van der Waals surface area contributed by atoms with Crippen molar-refractivity contribution >= 4 is 18.6 Å². The molecular weight excluding hydrogens is 445 g/mol. The predicted molar refractivity (Wildman–Crippen MR) is 131 cm³/mol. The molecule has 35 heavy (non-hydrogen) atoms. The number of hydrogen-bond donors (Lipinski definition) is 0. The maximum atomic E-state index is 12.6. The van der Waals surface area contributed by atoms with Gasteiger partial charge in [-0.1, -0.05) is 17.3 Å². The third-order valence-electron chi connectivity index (χ3n) is 7.43. The van der Waals surface area contributed by atoms with Gasteiger partial charge in [0.2, 0.25) is 0 Å². The molecule has 1 aliphatic heterocycles. The van der Waals surface area contributed by atoms with E-state index in [9.17, 15) is 4.79 Å². The molecule has 3 aromatic rings. The number of carbonyl (C=O) groups is 1. The number of benzene rings is 1. The van der Waals surface area contributed by atoms with Crippen LogP contribution < -0.4 is 5.46 Å². The van der Waals surface area contributed by atoms with Crippen LogP contribution in [0.15, 0.2) is 36.7 Å². The lowest BCUT2D eigenvalue weighted by Gasteiger charge is -2.32. The molecule has 2 fully saturated rings. The summed E-state index contributed by atoms with van der Waals surface area (Å²) in [4.78, 5) is 12.6. The van der Waals surface area contributed by atoms with Crippen molar-refractivity contribution in [3.05, 3.63) is 53.6 Å². The van der Waals surface area contributed by atoms with E-state index >= 15 is 0 Å². The summed E-state index contributed by atoms with van der Waals surface area (Å²) in [7, 11) is 0.903. The maximum absolute atomic E-state index is 12.6. The lowest BCUT2D eigenvalue weighted by atomic mass is 9.79. The van der Waals surface area contributed by atoms with E-state index in [2.05, 4.69) is 29.3 Å². The molecule has 0 unspecified atom stereocenters. The summed E-state index contributed by atoms with van der Waals surface area (Å²) in [6.45, 7) is 12.3. The number of esters is 1. The molecule has 1 aromatic carbocycles. The molecule has 2 aromatic heterocycles. The maximum Gasteiger partial charge on any atom is 0.494 e. The van der Waals surface area contributed by atoms with Crippen molar-refractivity contribution in [2.45, 2.75) is 77.0 Å². The fraction of sp³-hybridized carbons (Fsp3) is 0.520. The first-order chi connectivity index (χ1) is 16.5. The number of hydrogen-bond acceptors (Lipinski definition) is 7. The number of methoxy groups -OCH3 is 1. The van der Waals surface area contributed by atoms with Gasteiger partial charge in [-0.15, -0.1) is 5.10 Å². The monoisotopic (exact) mass is 477 g/mol. The van der Waals surface area contributed by atoms with Crippen molar-refractivity contribution in [1.29, 1.82) is 0 Å². The van der Waals surface area contributed by atoms with Gasteiger partial charge in [-0.25, -0.2) is 14.2 Å². The number of aromatic nitrogens is 5. The number of ether oxygens (including phenoxy) is 1. The normalized spacial score (nSPS) is 22.6. The summed E-state index contributed by atoms with van der Waals surface area (Å²) in [5.74, 6) is -0.137. The summed E-state index contributed by atoms with van der Waals surface area (Å²) in [6.07, 6.45) is 4.44. The fourth-order valence-corrected chi connectivity index (χ4v) is 4.51. The van der Waals surface area contributed by atoms with Crippen molar-refractivity contribution in [1.82, 2.24) is 24.8 Å². The predicted octanol–water partition coefficient (Wildman–Crippen LogP) is 3.40. The first-order valence-electron chi connectivity index (χ1n) is 12.1. The highest BCUT2D eigenvalue weighted by Gasteiger charge is 2.52. The minimum absolute atomic E-state index is 0.0874. The number of carbonyl (C=O) groups excluding carboxylic acids is 1. The Balaban J connectivity index is 1.49. The van der Waals surface area contributed by atoms with Crippen molar-refractivity contribution in [3.63, 3.8) is 0 Å². The van der Waals surface area contributed by atoms with Gasteiger partial charge in [-0.05, 0) is 65.6 Å². The molecule has 1 saturated heterocycles. The summed E-state index contributed by atoms with van der Waals surface area (Å²) < 4.78 is 21.2. The quantitative estimate of drug-likeness (QED) is 0.397. The van der Waals surface area contributed by atoms with E-state index < -0.39 is 24.3 Å². The summed E-state index contributed by atoms with van der Waals surface area (Å²) >= 11 is 0. The molecule has 0 radical (unpaired) electrons. The molecule has 2 aliphatic rings. The average Bonchev–Trinajstić information content (AvgIpc) is 3.16. The smallest absolute Gasteiger partial charge is 0.465 e. The largest absolute Gasteiger partial charge is 0.494 e. The van der Waals surface area contributed by atoms with Crippen LogP contribution in [0.1, 0.15) is 87.6 Å². The lowest BCUT2D eigenvalue weighted by Crippen LogP contribution is -2.41. The van der Waals surface area contributed by atoms with E-state index in [1.807, 2.05) is 67.5 Å². The topological polar surface area (TPSA) is 93.3 Å². The Kier molecular flexibility index (Phi) is 5.64. The highest BCUT2D eigenvalue weighted by atomic mass is 16.7. The third kappa shape index (κ3) is 4.08. The van der Waals surface area contributed by atoms with Crippen molar-refractivity contribution < 1.29 is 18.8 Å². The van der Waals surface area contributed by atoms with E-state index in [0.29, 0.717) is 5.56 Å². The zero-order valence-corrected chi connectivity index (χ0v) is 21.3. The molecule has 0 N–H and O–H groups in total. The van der Waals surface area contributed by atoms with E-state index in [1.165, 1.54) is 7.11 Å². The molecular formula is C25H32BN5O4. The van der Waals surface area contributed by atoms with Crippen LogP contribution >= 0.6 is 0 Å². The van der Waals surface area contributed by atoms with E-state index in [1.54, 1.807) is 6.20 Å². The summed E-state index contributed by atoms with van der Waals surface area (Å²) in [6, 6.07) is 8.16. The molecule has 0 spiro atoms. The lowest BCUT2D eigenvalue weighted by molar-refractivity contribution is 0.00578. The highest BCUT2D eigenvalue weighted by molar-refractivity contribution is 6.62. The van der Waals surface area contributed by atoms with Gasteiger partial charge >= 0.3 is 13.1 Å². The van der Waals surface area contributed by atoms with Crippen LogP contribution in [0.3, 0.4) is 0 Å². The minimum atomic E-state index is -0.487. The van der Waals surface area contributed by atoms with Gasteiger partial charge in [-0.3, -0.25) is 0 Å². The Labute approximate surface area is 205 Å². The van der Waals surface area contributed by atoms with Crippen LogP contribution in [0, 0.1) is 0 Å². The van der Waals surface area contributed by atoms with Crippen LogP contribution in [0.5, 0.6) is 0 Å². The highest BCUT2D eigenvalue weighted by Crippen LogP contribution is 2.55. The first kappa shape index (κ1) is 23.8. The number of nitrogens with zero attached hydrogens (tertiary/aromatic N) is 5. The Morgan fingerprint density at radius 1 is 1.17 bits per heavy atom. The SMILES string of the molecule is COC(=O)c1cnn(-c2cccc(B3OC(C)(C)C(C)(C)O3)c2)c1[C@H]1C[C@@H]1c1cn(C(C)C)nn1. The van der Waals surface area contributed by atoms with Gasteiger partial charge in [-0.2, -0.15) is 5.10 Å². The van der Waals surface area contributed by atoms with E-state index in [-0.39, 0.29) is 17.9 Å². The molecule has 10 heteroatoms. The molecule has 1 aliphatic carbocycles. The van der Waals surface area contributed by atoms with Crippen LogP contribution in [-0.2, 0) is 14.0 Å². The second-order valence-electron chi connectivity index (χ2n) is 10.7. The fourth-order valence-electron chi connectivity index (χ4n) is 4.51. The van der Waals surface area contributed by atoms with Crippen molar-refractivity contribution in [2.24, 2.45) is 0 Å². The molecule has 0 amide bonds. The second kappa shape index (κ2) is 8.31. The molecule has 184 valence electrons. The Morgan fingerprint density at radius 2 is 1.89 bits per heavy atom. The Hall–Kier alpha value is -2.98. The number of rotatable bonds is 6. The summed E-state index contributed by atoms with van der Waals surface area (Å²) in [5, 5.41) is 13.2. The van der Waals surface area contributed by atoms with Gasteiger partial charge in [0.1, 0.15) is 5.56 Å². The van der Waals surface area contributed by atoms with Gasteiger partial charge in [0.25, 0.3) is 0 Å². The molecule has 9 nitrogen and oxygen atoms in total. The van der Waals surface area contributed by atoms with E-state index in [4.69, 9.17) is 14.0 Å². The zero-order valence-electron chi connectivity index (χ0n) is 21.3. The van der Waals surface area contributed by atoms with Gasteiger partial charge < -0.3 is 14.0 Å². The van der Waals surface area contributed by atoms with Crippen LogP contribution in [0.25, 0.3) is 5.69 Å². The summed E-state index contributed by atoms with van der Waals surface area (Å²) in [5.41, 5.74) is 3.09. The van der Waals surface area contributed by atoms with Crippen LogP contribution in [0.2, 0.25) is 0 Å². The standard InChI is InChI=1S/C25H32BN5O4/c1-15(2)30-14-21(28-29-30)18-12-19(18)22-20(23(32)33-7)13-27-31(22)17-10-8-9-16(11-17)26-34-24(3,4)25(5,6)35-26/h8-11,13-15,18-19H,12H2,1-7H3/t18-,19-/m0/s1. The van der Waals surface area contributed by atoms with Crippen molar-refractivity contribution in [2.75, 3.05) is 7.11 Å². The van der Waals surface area contributed by atoms with Gasteiger partial charge in [0, 0.05) is 24.1 Å². The third-order valence-corrected chi connectivity index (χ3v) is 7.43. The van der Waals surface area contributed by atoms with Gasteiger partial charge in [0.15, 0.2) is 0 Å². The average molecular weight is 477 g/mol. The molecule has 3 heterocycles. The van der Waals surface area contributed by atoms with Crippen LogP contribution in [0.4, 0.5) is 0 Å². The Bertz CT molecular complexity index is 1250. The Morgan fingerprint density at radius 3 is 2.51 bits per heavy atom. The van der Waals surface area contributed by atoms with Crippen LogP contribution in [-0.4, -0.2) is 56.2 Å². The van der Waals surface area contributed by atoms with Crippen molar-refractivity contribution in [3.8, 4) is 5.69 Å². The second-order valence-corrected chi connectivity index (χ2v) is 10.7. The molecule has 0 bridgehead atoms. The minimum Gasteiger partial charge on any atom is -0.465 e. The molecule has 2 atom stereocenters.